The average molecular weight is 325 g/mol. The molecule has 0 saturated carbocycles. The molecule has 20 heavy (non-hydrogen) atoms. The number of thiazole rings is 1. The van der Waals surface area contributed by atoms with E-state index in [4.69, 9.17) is 23.2 Å². The number of rotatable bonds is 2. The number of aromatic nitrogens is 2. The molecule has 3 rings (SSSR count). The van der Waals surface area contributed by atoms with E-state index in [-0.39, 0.29) is 5.82 Å². The van der Waals surface area contributed by atoms with E-state index in [1.54, 1.807) is 18.2 Å². The molecule has 0 N–H and O–H groups in total. The molecule has 0 atom stereocenters. The molecule has 2 heterocycles. The number of nitrogens with zero attached hydrogens (tertiary/aromatic N) is 2. The van der Waals surface area contributed by atoms with E-state index in [2.05, 4.69) is 9.97 Å². The van der Waals surface area contributed by atoms with E-state index in [1.807, 2.05) is 11.4 Å². The Balaban J connectivity index is 2.02. The molecule has 0 aliphatic heterocycles. The molecule has 2 nitrogen and oxygen atoms in total. The SMILES string of the molecule is Fc1cccc(-c2csc(-c3cc(Cl)nc(Cl)c3)n2)c1. The van der Waals surface area contributed by atoms with Crippen LogP contribution in [0.3, 0.4) is 0 Å². The van der Waals surface area contributed by atoms with Crippen LogP contribution in [0.2, 0.25) is 10.3 Å². The van der Waals surface area contributed by atoms with Crippen molar-refractivity contribution in [2.75, 3.05) is 0 Å². The molecule has 0 spiro atoms. The lowest BCUT2D eigenvalue weighted by Gasteiger charge is -1.99. The van der Waals surface area contributed by atoms with Gasteiger partial charge in [-0.25, -0.2) is 14.4 Å². The molecule has 0 aliphatic rings. The van der Waals surface area contributed by atoms with Crippen molar-refractivity contribution in [1.82, 2.24) is 9.97 Å². The van der Waals surface area contributed by atoms with Gasteiger partial charge in [-0.1, -0.05) is 35.3 Å². The highest BCUT2D eigenvalue weighted by atomic mass is 35.5. The molecular formula is C14H7Cl2FN2S. The van der Waals surface area contributed by atoms with Gasteiger partial charge in [-0.05, 0) is 24.3 Å². The van der Waals surface area contributed by atoms with Gasteiger partial charge in [0.05, 0.1) is 5.69 Å². The van der Waals surface area contributed by atoms with Gasteiger partial charge in [0.2, 0.25) is 0 Å². The molecule has 100 valence electrons. The topological polar surface area (TPSA) is 25.8 Å². The smallest absolute Gasteiger partial charge is 0.131 e. The lowest BCUT2D eigenvalue weighted by atomic mass is 10.2. The van der Waals surface area contributed by atoms with Crippen LogP contribution in [-0.4, -0.2) is 9.97 Å². The first-order chi connectivity index (χ1) is 9.61. The van der Waals surface area contributed by atoms with Crippen LogP contribution in [0.1, 0.15) is 0 Å². The fraction of sp³-hybridized carbons (Fsp3) is 0. The summed E-state index contributed by atoms with van der Waals surface area (Å²) in [5.74, 6) is -0.285. The molecule has 0 aliphatic carbocycles. The first-order valence-corrected chi connectivity index (χ1v) is 7.30. The molecule has 0 radical (unpaired) electrons. The zero-order valence-corrected chi connectivity index (χ0v) is 12.3. The molecular weight excluding hydrogens is 318 g/mol. The van der Waals surface area contributed by atoms with Crippen molar-refractivity contribution < 1.29 is 4.39 Å². The molecule has 3 aromatic rings. The second kappa shape index (κ2) is 5.48. The number of pyridine rings is 1. The summed E-state index contributed by atoms with van der Waals surface area (Å²) < 4.78 is 13.2. The van der Waals surface area contributed by atoms with Crippen molar-refractivity contribution in [3.8, 4) is 21.8 Å². The molecule has 0 saturated heterocycles. The summed E-state index contributed by atoms with van der Waals surface area (Å²) >= 11 is 13.2. The van der Waals surface area contributed by atoms with E-state index in [0.717, 1.165) is 16.1 Å². The first kappa shape index (κ1) is 13.5. The van der Waals surface area contributed by atoms with Crippen molar-refractivity contribution in [2.24, 2.45) is 0 Å². The minimum absolute atomic E-state index is 0.285. The lowest BCUT2D eigenvalue weighted by molar-refractivity contribution is 0.628. The highest BCUT2D eigenvalue weighted by Crippen LogP contribution is 2.31. The highest BCUT2D eigenvalue weighted by molar-refractivity contribution is 7.13. The van der Waals surface area contributed by atoms with Crippen molar-refractivity contribution >= 4 is 34.5 Å². The van der Waals surface area contributed by atoms with E-state index in [1.165, 1.54) is 23.5 Å². The van der Waals surface area contributed by atoms with E-state index >= 15 is 0 Å². The monoisotopic (exact) mass is 324 g/mol. The molecule has 0 bridgehead atoms. The lowest BCUT2D eigenvalue weighted by Crippen LogP contribution is -1.83. The van der Waals surface area contributed by atoms with Crippen LogP contribution in [-0.2, 0) is 0 Å². The van der Waals surface area contributed by atoms with Gasteiger partial charge in [-0.15, -0.1) is 11.3 Å². The number of halogens is 3. The Labute approximate surface area is 128 Å². The Kier molecular flexibility index (Phi) is 3.70. The van der Waals surface area contributed by atoms with Crippen molar-refractivity contribution in [1.29, 1.82) is 0 Å². The summed E-state index contributed by atoms with van der Waals surface area (Å²) in [5, 5.41) is 3.26. The van der Waals surface area contributed by atoms with Crippen molar-refractivity contribution in [2.45, 2.75) is 0 Å². The summed E-state index contributed by atoms with van der Waals surface area (Å²) in [6.07, 6.45) is 0. The highest BCUT2D eigenvalue weighted by Gasteiger charge is 2.09. The Morgan fingerprint density at radius 1 is 0.950 bits per heavy atom. The Morgan fingerprint density at radius 3 is 2.40 bits per heavy atom. The fourth-order valence-corrected chi connectivity index (χ4v) is 3.05. The van der Waals surface area contributed by atoms with Crippen LogP contribution in [0.15, 0.2) is 41.8 Å². The van der Waals surface area contributed by atoms with Gasteiger partial charge in [0.15, 0.2) is 0 Å². The maximum atomic E-state index is 13.2. The van der Waals surface area contributed by atoms with Gasteiger partial charge < -0.3 is 0 Å². The molecule has 6 heteroatoms. The van der Waals surface area contributed by atoms with Gasteiger partial charge >= 0.3 is 0 Å². The summed E-state index contributed by atoms with van der Waals surface area (Å²) in [4.78, 5) is 8.38. The Morgan fingerprint density at radius 2 is 1.70 bits per heavy atom. The molecule has 2 aromatic heterocycles. The van der Waals surface area contributed by atoms with Gasteiger partial charge in [0.25, 0.3) is 0 Å². The number of hydrogen-bond donors (Lipinski definition) is 0. The minimum Gasteiger partial charge on any atom is -0.236 e. The quantitative estimate of drug-likeness (QED) is 0.596. The van der Waals surface area contributed by atoms with Crippen molar-refractivity contribution in [3.63, 3.8) is 0 Å². The van der Waals surface area contributed by atoms with Crippen LogP contribution in [0.5, 0.6) is 0 Å². The summed E-state index contributed by atoms with van der Waals surface area (Å²) in [7, 11) is 0. The van der Waals surface area contributed by atoms with E-state index in [0.29, 0.717) is 16.0 Å². The molecule has 0 unspecified atom stereocenters. The number of benzene rings is 1. The normalized spacial score (nSPS) is 10.8. The largest absolute Gasteiger partial charge is 0.236 e. The Hall–Kier alpha value is -1.49. The maximum absolute atomic E-state index is 13.2. The second-order valence-corrected chi connectivity index (χ2v) is 5.68. The minimum atomic E-state index is -0.285. The van der Waals surface area contributed by atoms with E-state index < -0.39 is 0 Å². The summed E-state index contributed by atoms with van der Waals surface area (Å²) in [5.41, 5.74) is 2.25. The summed E-state index contributed by atoms with van der Waals surface area (Å²) in [6, 6.07) is 9.71. The zero-order chi connectivity index (χ0) is 14.1. The first-order valence-electron chi connectivity index (χ1n) is 5.67. The molecule has 0 fully saturated rings. The van der Waals surface area contributed by atoms with Crippen LogP contribution in [0.25, 0.3) is 21.8 Å². The van der Waals surface area contributed by atoms with Crippen LogP contribution in [0, 0.1) is 5.82 Å². The third kappa shape index (κ3) is 2.82. The summed E-state index contributed by atoms with van der Waals surface area (Å²) in [6.45, 7) is 0. The average Bonchev–Trinajstić information content (AvgIpc) is 2.87. The fourth-order valence-electron chi connectivity index (χ4n) is 1.78. The van der Waals surface area contributed by atoms with Crippen molar-refractivity contribution in [3.05, 3.63) is 57.9 Å². The van der Waals surface area contributed by atoms with Gasteiger partial charge in [-0.2, -0.15) is 0 Å². The second-order valence-electron chi connectivity index (χ2n) is 4.05. The third-order valence-corrected chi connectivity index (χ3v) is 3.91. The van der Waals surface area contributed by atoms with Gasteiger partial charge in [-0.3, -0.25) is 0 Å². The van der Waals surface area contributed by atoms with Gasteiger partial charge in [0, 0.05) is 16.5 Å². The Bertz CT molecular complexity index is 753. The standard InChI is InChI=1S/C14H7Cl2FN2S/c15-12-5-9(6-13(16)19-12)14-18-11(7-20-14)8-2-1-3-10(17)4-8/h1-7H. The molecule has 1 aromatic carbocycles. The maximum Gasteiger partial charge on any atom is 0.131 e. The number of hydrogen-bond acceptors (Lipinski definition) is 3. The molecule has 0 amide bonds. The third-order valence-electron chi connectivity index (χ3n) is 2.63. The van der Waals surface area contributed by atoms with Crippen LogP contribution < -0.4 is 0 Å². The predicted molar refractivity (Wildman–Crippen MR) is 80.8 cm³/mol. The van der Waals surface area contributed by atoms with Crippen LogP contribution in [0.4, 0.5) is 4.39 Å². The van der Waals surface area contributed by atoms with E-state index in [9.17, 15) is 4.39 Å². The zero-order valence-electron chi connectivity index (χ0n) is 9.98. The van der Waals surface area contributed by atoms with Crippen LogP contribution >= 0.6 is 34.5 Å². The predicted octanol–water partition coefficient (Wildman–Crippen LogP) is 5.32. The van der Waals surface area contributed by atoms with Gasteiger partial charge in [0.1, 0.15) is 21.1 Å².